The van der Waals surface area contributed by atoms with E-state index in [2.05, 4.69) is 34.3 Å². The first-order valence-electron chi connectivity index (χ1n) is 10.4. The molecular weight excluding hydrogens is 444 g/mol. The molecule has 0 saturated carbocycles. The summed E-state index contributed by atoms with van der Waals surface area (Å²) in [5.41, 5.74) is 2.47. The molecule has 0 aliphatic rings. The van der Waals surface area contributed by atoms with Crippen LogP contribution in [0.5, 0.6) is 17.2 Å². The van der Waals surface area contributed by atoms with Gasteiger partial charge in [0.05, 0.1) is 27.1 Å². The summed E-state index contributed by atoms with van der Waals surface area (Å²) in [5, 5.41) is 11.3. The monoisotopic (exact) mass is 472 g/mol. The van der Waals surface area contributed by atoms with Crippen LogP contribution in [0.4, 0.5) is 11.4 Å². The van der Waals surface area contributed by atoms with Gasteiger partial charge in [-0.2, -0.15) is 0 Å². The maximum absolute atomic E-state index is 12.4. The largest absolute Gasteiger partial charge is 0.493 e. The standard InChI is InChI=1S/C23H28N4O5S/c1-6-27(7-2)17-10-8-16(9-11-17)24-20(28)14-33-23-26-25-22(32-23)15-12-18(29-3)21(31-5)19(13-15)30-4/h8-13H,6-7,14H2,1-5H3,(H,24,28). The minimum absolute atomic E-state index is 0.134. The Balaban J connectivity index is 1.62. The summed E-state index contributed by atoms with van der Waals surface area (Å²) in [6, 6.07) is 11.2. The van der Waals surface area contributed by atoms with Crippen molar-refractivity contribution in [1.29, 1.82) is 0 Å². The molecular formula is C23H28N4O5S. The highest BCUT2D eigenvalue weighted by atomic mass is 32.2. The first-order valence-corrected chi connectivity index (χ1v) is 11.4. The predicted molar refractivity (Wildman–Crippen MR) is 129 cm³/mol. The number of aromatic nitrogens is 2. The first kappa shape index (κ1) is 24.2. The number of nitrogens with zero attached hydrogens (tertiary/aromatic N) is 3. The minimum atomic E-state index is -0.164. The van der Waals surface area contributed by atoms with E-state index in [-0.39, 0.29) is 22.8 Å². The van der Waals surface area contributed by atoms with E-state index in [1.165, 1.54) is 21.3 Å². The van der Waals surface area contributed by atoms with Crippen molar-refractivity contribution >= 4 is 29.0 Å². The molecule has 1 amide bonds. The highest BCUT2D eigenvalue weighted by Crippen LogP contribution is 2.41. The van der Waals surface area contributed by atoms with Gasteiger partial charge in [-0.05, 0) is 50.2 Å². The van der Waals surface area contributed by atoms with Crippen molar-refractivity contribution < 1.29 is 23.4 Å². The molecule has 9 nitrogen and oxygen atoms in total. The van der Waals surface area contributed by atoms with Crippen molar-refractivity contribution in [2.45, 2.75) is 19.1 Å². The van der Waals surface area contributed by atoms with Crippen LogP contribution in [0.15, 0.2) is 46.0 Å². The van der Waals surface area contributed by atoms with Gasteiger partial charge in [0.2, 0.25) is 17.5 Å². The molecule has 1 heterocycles. The molecule has 0 spiro atoms. The summed E-state index contributed by atoms with van der Waals surface area (Å²) in [4.78, 5) is 14.6. The van der Waals surface area contributed by atoms with Crippen molar-refractivity contribution in [3.63, 3.8) is 0 Å². The van der Waals surface area contributed by atoms with Crippen molar-refractivity contribution in [3.05, 3.63) is 36.4 Å². The van der Waals surface area contributed by atoms with E-state index in [1.54, 1.807) is 12.1 Å². The number of benzene rings is 2. The average Bonchev–Trinajstić information content (AvgIpc) is 3.32. The molecule has 0 unspecified atom stereocenters. The number of rotatable bonds is 11. The van der Waals surface area contributed by atoms with Gasteiger partial charge in [-0.25, -0.2) is 0 Å². The van der Waals surface area contributed by atoms with Crippen LogP contribution < -0.4 is 24.4 Å². The Hall–Kier alpha value is -3.40. The average molecular weight is 473 g/mol. The number of hydrogen-bond donors (Lipinski definition) is 1. The number of amides is 1. The fourth-order valence-corrected chi connectivity index (χ4v) is 3.82. The Morgan fingerprint density at radius 2 is 1.64 bits per heavy atom. The minimum Gasteiger partial charge on any atom is -0.493 e. The van der Waals surface area contributed by atoms with Crippen LogP contribution in [-0.2, 0) is 4.79 Å². The van der Waals surface area contributed by atoms with Gasteiger partial charge in [0.15, 0.2) is 11.5 Å². The lowest BCUT2D eigenvalue weighted by molar-refractivity contribution is -0.113. The molecule has 0 aliphatic heterocycles. The normalized spacial score (nSPS) is 10.6. The zero-order valence-corrected chi connectivity index (χ0v) is 20.2. The molecule has 0 bridgehead atoms. The molecule has 3 rings (SSSR count). The van der Waals surface area contributed by atoms with E-state index in [0.717, 1.165) is 36.2 Å². The molecule has 0 radical (unpaired) electrons. The van der Waals surface area contributed by atoms with E-state index in [4.69, 9.17) is 18.6 Å². The molecule has 1 aromatic heterocycles. The highest BCUT2D eigenvalue weighted by Gasteiger charge is 2.18. The van der Waals surface area contributed by atoms with Gasteiger partial charge >= 0.3 is 0 Å². The molecule has 2 aromatic carbocycles. The third-order valence-electron chi connectivity index (χ3n) is 4.92. The van der Waals surface area contributed by atoms with Crippen LogP contribution in [-0.4, -0.2) is 56.3 Å². The van der Waals surface area contributed by atoms with Gasteiger partial charge in [-0.15, -0.1) is 10.2 Å². The quantitative estimate of drug-likeness (QED) is 0.409. The zero-order chi connectivity index (χ0) is 23.8. The molecule has 0 fully saturated rings. The number of ether oxygens (including phenoxy) is 3. The molecule has 0 saturated heterocycles. The molecule has 176 valence electrons. The van der Waals surface area contributed by atoms with E-state index >= 15 is 0 Å². The lowest BCUT2D eigenvalue weighted by atomic mass is 10.2. The third kappa shape index (κ3) is 5.89. The van der Waals surface area contributed by atoms with E-state index < -0.39 is 0 Å². The van der Waals surface area contributed by atoms with Gasteiger partial charge < -0.3 is 28.8 Å². The summed E-state index contributed by atoms with van der Waals surface area (Å²) in [6.45, 7) is 6.09. The first-order chi connectivity index (χ1) is 16.0. The Morgan fingerprint density at radius 1 is 1.00 bits per heavy atom. The Bertz CT molecular complexity index is 1040. The molecule has 33 heavy (non-hydrogen) atoms. The molecule has 1 N–H and O–H groups in total. The topological polar surface area (TPSA) is 99.0 Å². The zero-order valence-electron chi connectivity index (χ0n) is 19.4. The number of anilines is 2. The van der Waals surface area contributed by atoms with Gasteiger partial charge in [-0.1, -0.05) is 11.8 Å². The van der Waals surface area contributed by atoms with Gasteiger partial charge in [0.25, 0.3) is 5.22 Å². The van der Waals surface area contributed by atoms with Crippen molar-refractivity contribution in [1.82, 2.24) is 10.2 Å². The fourth-order valence-electron chi connectivity index (χ4n) is 3.26. The summed E-state index contributed by atoms with van der Waals surface area (Å²) in [5.74, 6) is 1.68. The summed E-state index contributed by atoms with van der Waals surface area (Å²) < 4.78 is 21.8. The number of methoxy groups -OCH3 is 3. The number of nitrogens with one attached hydrogen (secondary N) is 1. The van der Waals surface area contributed by atoms with Crippen molar-refractivity contribution in [2.24, 2.45) is 0 Å². The Labute approximate surface area is 197 Å². The van der Waals surface area contributed by atoms with E-state index in [0.29, 0.717) is 22.8 Å². The highest BCUT2D eigenvalue weighted by molar-refractivity contribution is 7.99. The lowest BCUT2D eigenvalue weighted by Gasteiger charge is -2.21. The molecule has 3 aromatic rings. The molecule has 10 heteroatoms. The van der Waals surface area contributed by atoms with Crippen LogP contribution in [0.25, 0.3) is 11.5 Å². The predicted octanol–water partition coefficient (Wildman–Crippen LogP) is 4.34. The van der Waals surface area contributed by atoms with Crippen LogP contribution in [0.2, 0.25) is 0 Å². The SMILES string of the molecule is CCN(CC)c1ccc(NC(=O)CSc2nnc(-c3cc(OC)c(OC)c(OC)c3)o2)cc1. The van der Waals surface area contributed by atoms with Crippen LogP contribution >= 0.6 is 11.8 Å². The summed E-state index contributed by atoms with van der Waals surface area (Å²) in [6.07, 6.45) is 0. The van der Waals surface area contributed by atoms with Gasteiger partial charge in [0.1, 0.15) is 0 Å². The van der Waals surface area contributed by atoms with Gasteiger partial charge in [0, 0.05) is 30.0 Å². The van der Waals surface area contributed by atoms with E-state index in [1.807, 2.05) is 24.3 Å². The molecule has 0 atom stereocenters. The summed E-state index contributed by atoms with van der Waals surface area (Å²) in [7, 11) is 4.60. The number of hydrogen-bond acceptors (Lipinski definition) is 9. The smallest absolute Gasteiger partial charge is 0.277 e. The van der Waals surface area contributed by atoms with Crippen molar-refractivity contribution in [2.75, 3.05) is 50.4 Å². The number of carbonyl (C=O) groups excluding carboxylic acids is 1. The summed E-state index contributed by atoms with van der Waals surface area (Å²) >= 11 is 1.16. The maximum atomic E-state index is 12.4. The fraction of sp³-hybridized carbons (Fsp3) is 0.348. The second kappa shape index (κ2) is 11.5. The maximum Gasteiger partial charge on any atom is 0.277 e. The number of carbonyl (C=O) groups is 1. The molecule has 0 aliphatic carbocycles. The second-order valence-electron chi connectivity index (χ2n) is 6.84. The van der Waals surface area contributed by atoms with Crippen LogP contribution in [0.3, 0.4) is 0 Å². The van der Waals surface area contributed by atoms with Crippen molar-refractivity contribution in [3.8, 4) is 28.7 Å². The van der Waals surface area contributed by atoms with Crippen LogP contribution in [0, 0.1) is 0 Å². The third-order valence-corrected chi connectivity index (χ3v) is 5.74. The van der Waals surface area contributed by atoms with Gasteiger partial charge in [-0.3, -0.25) is 4.79 Å². The Kier molecular flexibility index (Phi) is 8.42. The lowest BCUT2D eigenvalue weighted by Crippen LogP contribution is -2.21. The number of thioether (sulfide) groups is 1. The second-order valence-corrected chi connectivity index (χ2v) is 7.77. The Morgan fingerprint density at radius 3 is 2.18 bits per heavy atom. The van der Waals surface area contributed by atoms with E-state index in [9.17, 15) is 4.79 Å². The van der Waals surface area contributed by atoms with Crippen LogP contribution in [0.1, 0.15) is 13.8 Å².